The van der Waals surface area contributed by atoms with Crippen LogP contribution < -0.4 is 10.7 Å². The molecule has 1 unspecified atom stereocenters. The van der Waals surface area contributed by atoms with Gasteiger partial charge in [0.1, 0.15) is 0 Å². The molecule has 3 rings (SSSR count). The first-order valence-corrected chi connectivity index (χ1v) is 10.3. The molecule has 0 fully saturated rings. The van der Waals surface area contributed by atoms with Gasteiger partial charge in [0, 0.05) is 10.0 Å². The van der Waals surface area contributed by atoms with Crippen LogP contribution in [0, 0.1) is 0 Å². The summed E-state index contributed by atoms with van der Waals surface area (Å²) in [5, 5.41) is 7.15. The smallest absolute Gasteiger partial charge is 0.251 e. The summed E-state index contributed by atoms with van der Waals surface area (Å²) in [4.78, 5) is 25.2. The van der Waals surface area contributed by atoms with Gasteiger partial charge < -0.3 is 5.32 Å². The van der Waals surface area contributed by atoms with Crippen molar-refractivity contribution in [2.45, 2.75) is 19.4 Å². The number of carbonyl (C=O) groups is 2. The number of nitrogens with zero attached hydrogens (tertiary/aromatic N) is 1. The molecule has 2 N–H and O–H groups in total. The van der Waals surface area contributed by atoms with Gasteiger partial charge in [-0.25, -0.2) is 5.43 Å². The van der Waals surface area contributed by atoms with Crippen LogP contribution in [0.5, 0.6) is 0 Å². The van der Waals surface area contributed by atoms with Crippen molar-refractivity contribution in [1.82, 2.24) is 10.7 Å². The second kappa shape index (κ2) is 10.5. The fraction of sp³-hybridized carbons (Fsp3) is 0.125. The molecule has 0 aliphatic heterocycles. The highest BCUT2D eigenvalue weighted by molar-refractivity contribution is 9.10. The average Bonchev–Trinajstić information content (AvgIpc) is 2.78. The summed E-state index contributed by atoms with van der Waals surface area (Å²) in [5.74, 6) is -0.513. The Labute approximate surface area is 184 Å². The number of halogens is 1. The van der Waals surface area contributed by atoms with Crippen molar-refractivity contribution in [3.63, 3.8) is 0 Å². The van der Waals surface area contributed by atoms with Gasteiger partial charge in [-0.05, 0) is 42.3 Å². The molecule has 0 aliphatic carbocycles. The van der Waals surface area contributed by atoms with E-state index in [4.69, 9.17) is 0 Å². The van der Waals surface area contributed by atoms with E-state index >= 15 is 0 Å². The lowest BCUT2D eigenvalue weighted by molar-refractivity contribution is -0.121. The van der Waals surface area contributed by atoms with Crippen molar-refractivity contribution in [3.05, 3.63) is 106 Å². The maximum atomic E-state index is 12.6. The number of nitrogens with one attached hydrogen (secondary N) is 2. The lowest BCUT2D eigenvalue weighted by Gasteiger charge is -2.18. The van der Waals surface area contributed by atoms with E-state index in [2.05, 4.69) is 31.8 Å². The summed E-state index contributed by atoms with van der Waals surface area (Å²) in [6.45, 7) is 1.83. The predicted octanol–water partition coefficient (Wildman–Crippen LogP) is 4.85. The Hall–Kier alpha value is -3.25. The van der Waals surface area contributed by atoms with E-state index in [1.165, 1.54) is 0 Å². The SMILES string of the molecule is CC(=NNC(=O)CC(NC(=O)c1ccccc1)c1ccccc1)c1ccc(Br)cc1. The van der Waals surface area contributed by atoms with Gasteiger partial charge in [0.05, 0.1) is 18.2 Å². The Balaban J connectivity index is 1.69. The van der Waals surface area contributed by atoms with E-state index < -0.39 is 6.04 Å². The third-order valence-electron chi connectivity index (χ3n) is 4.54. The molecular formula is C24H22BrN3O2. The standard InChI is InChI=1S/C24H22BrN3O2/c1-17(18-12-14-21(25)15-13-18)27-28-23(29)16-22(19-8-4-2-5-9-19)26-24(30)20-10-6-3-7-11-20/h2-15,22H,16H2,1H3,(H,26,30)(H,28,29). The van der Waals surface area contributed by atoms with Gasteiger partial charge in [0.25, 0.3) is 5.91 Å². The fourth-order valence-corrected chi connectivity index (χ4v) is 3.17. The van der Waals surface area contributed by atoms with Gasteiger partial charge in [0.15, 0.2) is 0 Å². The van der Waals surface area contributed by atoms with Gasteiger partial charge in [0.2, 0.25) is 5.91 Å². The molecule has 2 amide bonds. The summed E-state index contributed by atoms with van der Waals surface area (Å²) in [6.07, 6.45) is 0.0692. The first kappa shape index (κ1) is 21.5. The molecule has 3 aromatic carbocycles. The van der Waals surface area contributed by atoms with Gasteiger partial charge in [-0.15, -0.1) is 0 Å². The largest absolute Gasteiger partial charge is 0.345 e. The minimum absolute atomic E-state index is 0.0692. The molecule has 3 aromatic rings. The molecule has 0 radical (unpaired) electrons. The van der Waals surface area contributed by atoms with Gasteiger partial charge in [-0.3, -0.25) is 9.59 Å². The second-order valence-corrected chi connectivity index (χ2v) is 7.66. The van der Waals surface area contributed by atoms with E-state index in [1.807, 2.05) is 67.6 Å². The van der Waals surface area contributed by atoms with Crippen LogP contribution in [0.2, 0.25) is 0 Å². The zero-order valence-electron chi connectivity index (χ0n) is 16.5. The van der Waals surface area contributed by atoms with Crippen LogP contribution >= 0.6 is 15.9 Å². The molecule has 0 aromatic heterocycles. The van der Waals surface area contributed by atoms with Crippen molar-refractivity contribution in [3.8, 4) is 0 Å². The number of hydrazone groups is 1. The Kier molecular flexibility index (Phi) is 7.51. The highest BCUT2D eigenvalue weighted by atomic mass is 79.9. The van der Waals surface area contributed by atoms with E-state index in [0.717, 1.165) is 15.6 Å². The Bertz CT molecular complexity index is 1020. The van der Waals surface area contributed by atoms with Crippen LogP contribution in [0.25, 0.3) is 0 Å². The third-order valence-corrected chi connectivity index (χ3v) is 5.07. The maximum absolute atomic E-state index is 12.6. The number of hydrogen-bond acceptors (Lipinski definition) is 3. The number of amides is 2. The number of rotatable bonds is 7. The molecule has 0 saturated heterocycles. The highest BCUT2D eigenvalue weighted by Gasteiger charge is 2.19. The topological polar surface area (TPSA) is 70.6 Å². The van der Waals surface area contributed by atoms with Crippen LogP contribution in [0.4, 0.5) is 0 Å². The molecule has 0 aliphatic rings. The van der Waals surface area contributed by atoms with Crippen molar-refractivity contribution in [1.29, 1.82) is 0 Å². The zero-order chi connectivity index (χ0) is 21.3. The Morgan fingerprint density at radius 3 is 2.10 bits per heavy atom. The van der Waals surface area contributed by atoms with Gasteiger partial charge in [-0.2, -0.15) is 5.10 Å². The molecule has 1 atom stereocenters. The molecule has 5 nitrogen and oxygen atoms in total. The predicted molar refractivity (Wildman–Crippen MR) is 122 cm³/mol. The summed E-state index contributed by atoms with van der Waals surface area (Å²) in [5.41, 5.74) is 5.60. The molecule has 0 bridgehead atoms. The number of hydrogen-bond donors (Lipinski definition) is 2. The van der Waals surface area contributed by atoms with E-state index in [9.17, 15) is 9.59 Å². The minimum atomic E-state index is -0.470. The van der Waals surface area contributed by atoms with Crippen LogP contribution in [0.1, 0.15) is 40.9 Å². The second-order valence-electron chi connectivity index (χ2n) is 6.75. The molecule has 0 spiro atoms. The molecule has 0 saturated carbocycles. The van der Waals surface area contributed by atoms with Crippen molar-refractivity contribution >= 4 is 33.5 Å². The first-order chi connectivity index (χ1) is 14.5. The highest BCUT2D eigenvalue weighted by Crippen LogP contribution is 2.18. The van der Waals surface area contributed by atoms with Crippen molar-refractivity contribution in [2.75, 3.05) is 0 Å². The van der Waals surface area contributed by atoms with Gasteiger partial charge in [-0.1, -0.05) is 76.6 Å². The first-order valence-electron chi connectivity index (χ1n) is 9.53. The van der Waals surface area contributed by atoms with E-state index in [0.29, 0.717) is 11.3 Å². The maximum Gasteiger partial charge on any atom is 0.251 e. The van der Waals surface area contributed by atoms with Gasteiger partial charge >= 0.3 is 0 Å². The third kappa shape index (κ3) is 6.12. The summed E-state index contributed by atoms with van der Waals surface area (Å²) in [7, 11) is 0. The molecule has 0 heterocycles. The monoisotopic (exact) mass is 463 g/mol. The molecular weight excluding hydrogens is 442 g/mol. The number of benzene rings is 3. The van der Waals surface area contributed by atoms with E-state index in [1.54, 1.807) is 24.3 Å². The van der Waals surface area contributed by atoms with Crippen LogP contribution in [0.15, 0.2) is 94.5 Å². The number of carbonyl (C=O) groups excluding carboxylic acids is 2. The normalized spacial score (nSPS) is 12.1. The van der Waals surface area contributed by atoms with Crippen molar-refractivity contribution in [2.24, 2.45) is 5.10 Å². The summed E-state index contributed by atoms with van der Waals surface area (Å²) < 4.78 is 0.975. The lowest BCUT2D eigenvalue weighted by Crippen LogP contribution is -2.32. The molecule has 6 heteroatoms. The Morgan fingerprint density at radius 2 is 1.47 bits per heavy atom. The van der Waals surface area contributed by atoms with Crippen LogP contribution in [-0.2, 0) is 4.79 Å². The summed E-state index contributed by atoms with van der Waals surface area (Å²) in [6, 6.07) is 25.6. The van der Waals surface area contributed by atoms with Crippen LogP contribution in [0.3, 0.4) is 0 Å². The average molecular weight is 464 g/mol. The molecule has 152 valence electrons. The van der Waals surface area contributed by atoms with Crippen LogP contribution in [-0.4, -0.2) is 17.5 Å². The lowest BCUT2D eigenvalue weighted by atomic mass is 10.0. The summed E-state index contributed by atoms with van der Waals surface area (Å²) >= 11 is 3.40. The zero-order valence-corrected chi connectivity index (χ0v) is 18.1. The fourth-order valence-electron chi connectivity index (χ4n) is 2.90. The van der Waals surface area contributed by atoms with E-state index in [-0.39, 0.29) is 18.2 Å². The molecule has 30 heavy (non-hydrogen) atoms. The van der Waals surface area contributed by atoms with Crippen molar-refractivity contribution < 1.29 is 9.59 Å². The minimum Gasteiger partial charge on any atom is -0.345 e. The quantitative estimate of drug-likeness (QED) is 0.388. The Morgan fingerprint density at radius 1 is 0.867 bits per heavy atom.